The zero-order valence-corrected chi connectivity index (χ0v) is 13.2. The summed E-state index contributed by atoms with van der Waals surface area (Å²) in [6, 6.07) is 11.1. The molecule has 1 aromatic heterocycles. The number of aromatic carboxylic acids is 1. The van der Waals surface area contributed by atoms with Gasteiger partial charge in [0.15, 0.2) is 5.69 Å². The maximum Gasteiger partial charge on any atom is 0.407 e. The summed E-state index contributed by atoms with van der Waals surface area (Å²) in [7, 11) is 0. The first kappa shape index (κ1) is 17.2. The van der Waals surface area contributed by atoms with Crippen LogP contribution in [0.3, 0.4) is 0 Å². The first-order valence-corrected chi connectivity index (χ1v) is 7.37. The van der Waals surface area contributed by atoms with Crippen LogP contribution in [0.2, 0.25) is 0 Å². The van der Waals surface area contributed by atoms with E-state index in [-0.39, 0.29) is 18.8 Å². The Morgan fingerprint density at radius 2 is 2.04 bits per heavy atom. The van der Waals surface area contributed by atoms with E-state index < -0.39 is 12.1 Å². The summed E-state index contributed by atoms with van der Waals surface area (Å²) in [6.07, 6.45) is 4.22. The molecule has 0 unspecified atom stereocenters. The minimum absolute atomic E-state index is 0.0245. The number of carboxylic acid groups (broad SMARTS) is 1. The van der Waals surface area contributed by atoms with E-state index in [9.17, 15) is 9.59 Å². The average Bonchev–Trinajstić information content (AvgIpc) is 2.57. The Balaban J connectivity index is 1.83. The normalized spacial score (nSPS) is 10.5. The van der Waals surface area contributed by atoms with E-state index in [1.54, 1.807) is 18.2 Å². The molecule has 1 heterocycles. The van der Waals surface area contributed by atoms with Crippen molar-refractivity contribution in [3.05, 3.63) is 71.1 Å². The summed E-state index contributed by atoms with van der Waals surface area (Å²) in [6.45, 7) is 2.25. The van der Waals surface area contributed by atoms with Gasteiger partial charge in [-0.15, -0.1) is 0 Å². The smallest absolute Gasteiger partial charge is 0.407 e. The number of carboxylic acids is 1. The quantitative estimate of drug-likeness (QED) is 0.852. The zero-order valence-electron chi connectivity index (χ0n) is 13.2. The van der Waals surface area contributed by atoms with Gasteiger partial charge < -0.3 is 15.2 Å². The summed E-state index contributed by atoms with van der Waals surface area (Å²) in [4.78, 5) is 26.6. The highest BCUT2D eigenvalue weighted by atomic mass is 16.5. The summed E-state index contributed by atoms with van der Waals surface area (Å²) < 4.78 is 5.07. The third kappa shape index (κ3) is 5.24. The van der Waals surface area contributed by atoms with E-state index in [4.69, 9.17) is 9.84 Å². The van der Waals surface area contributed by atoms with Gasteiger partial charge in [-0.3, -0.25) is 0 Å². The minimum atomic E-state index is -1.09. The van der Waals surface area contributed by atoms with Crippen molar-refractivity contribution < 1.29 is 19.4 Å². The molecule has 6 nitrogen and oxygen atoms in total. The van der Waals surface area contributed by atoms with Gasteiger partial charge in [-0.25, -0.2) is 14.6 Å². The molecule has 0 spiro atoms. The number of hydrogen-bond donors (Lipinski definition) is 2. The predicted molar refractivity (Wildman–Crippen MR) is 89.6 cm³/mol. The van der Waals surface area contributed by atoms with Gasteiger partial charge in [0.05, 0.1) is 0 Å². The number of amides is 1. The lowest BCUT2D eigenvalue weighted by atomic mass is 10.1. The van der Waals surface area contributed by atoms with Crippen molar-refractivity contribution in [1.82, 2.24) is 10.3 Å². The SMILES string of the molecule is Cc1cnc(C(=O)O)c(C=CCNC(=O)OCc2ccccc2)c1. The second-order valence-electron chi connectivity index (χ2n) is 5.10. The Labute approximate surface area is 139 Å². The molecule has 1 amide bonds. The van der Waals surface area contributed by atoms with Crippen molar-refractivity contribution in [3.8, 4) is 0 Å². The van der Waals surface area contributed by atoms with Crippen LogP contribution < -0.4 is 5.32 Å². The average molecular weight is 326 g/mol. The number of rotatable bonds is 6. The number of hydrogen-bond acceptors (Lipinski definition) is 4. The standard InChI is InChI=1S/C18H18N2O4/c1-13-10-15(16(17(21)22)20-11-13)8-5-9-19-18(23)24-12-14-6-3-2-4-7-14/h2-8,10-11H,9,12H2,1H3,(H,19,23)(H,21,22). The van der Waals surface area contributed by atoms with E-state index in [0.717, 1.165) is 11.1 Å². The van der Waals surface area contributed by atoms with Gasteiger partial charge in [0.1, 0.15) is 6.61 Å². The predicted octanol–water partition coefficient (Wildman–Crippen LogP) is 3.03. The number of nitrogens with zero attached hydrogens (tertiary/aromatic N) is 1. The number of ether oxygens (including phenoxy) is 1. The molecule has 0 bridgehead atoms. The third-order valence-corrected chi connectivity index (χ3v) is 3.13. The molecule has 0 fully saturated rings. The Kier molecular flexibility index (Phi) is 6.08. The van der Waals surface area contributed by atoms with Crippen molar-refractivity contribution in [1.29, 1.82) is 0 Å². The summed E-state index contributed by atoms with van der Waals surface area (Å²) in [5, 5.41) is 11.7. The lowest BCUT2D eigenvalue weighted by Crippen LogP contribution is -2.24. The number of pyridine rings is 1. The molecule has 2 N–H and O–H groups in total. The van der Waals surface area contributed by atoms with Crippen molar-refractivity contribution in [2.24, 2.45) is 0 Å². The number of nitrogens with one attached hydrogen (secondary N) is 1. The van der Waals surface area contributed by atoms with Gasteiger partial charge in [0, 0.05) is 18.3 Å². The van der Waals surface area contributed by atoms with Gasteiger partial charge in [0.2, 0.25) is 0 Å². The van der Waals surface area contributed by atoms with Crippen LogP contribution in [0.15, 0.2) is 48.7 Å². The van der Waals surface area contributed by atoms with Crippen LogP contribution >= 0.6 is 0 Å². The fourth-order valence-corrected chi connectivity index (χ4v) is 2.00. The first-order chi connectivity index (χ1) is 11.6. The molecule has 0 radical (unpaired) electrons. The first-order valence-electron chi connectivity index (χ1n) is 7.37. The monoisotopic (exact) mass is 326 g/mol. The fourth-order valence-electron chi connectivity index (χ4n) is 2.00. The van der Waals surface area contributed by atoms with Crippen LogP contribution in [0, 0.1) is 6.92 Å². The second kappa shape index (κ2) is 8.47. The molecule has 1 aromatic carbocycles. The summed E-state index contributed by atoms with van der Waals surface area (Å²) in [5.41, 5.74) is 2.22. The van der Waals surface area contributed by atoms with Crippen LogP contribution in [0.5, 0.6) is 0 Å². The second-order valence-corrected chi connectivity index (χ2v) is 5.10. The van der Waals surface area contributed by atoms with E-state index >= 15 is 0 Å². The Morgan fingerprint density at radius 1 is 1.29 bits per heavy atom. The Hall–Kier alpha value is -3.15. The number of aryl methyl sites for hydroxylation is 1. The van der Waals surface area contributed by atoms with Crippen LogP contribution in [0.1, 0.15) is 27.2 Å². The van der Waals surface area contributed by atoms with Crippen molar-refractivity contribution in [3.63, 3.8) is 0 Å². The minimum Gasteiger partial charge on any atom is -0.476 e. The number of aromatic nitrogens is 1. The van der Waals surface area contributed by atoms with E-state index in [1.807, 2.05) is 37.3 Å². The Morgan fingerprint density at radius 3 is 2.75 bits per heavy atom. The van der Waals surface area contributed by atoms with Gasteiger partial charge in [-0.05, 0) is 24.1 Å². The van der Waals surface area contributed by atoms with Crippen molar-refractivity contribution in [2.45, 2.75) is 13.5 Å². The molecule has 124 valence electrons. The molecule has 24 heavy (non-hydrogen) atoms. The number of alkyl carbamates (subject to hydrolysis) is 1. The van der Waals surface area contributed by atoms with Gasteiger partial charge in [-0.2, -0.15) is 0 Å². The molecule has 6 heteroatoms. The number of carbonyl (C=O) groups excluding carboxylic acids is 1. The van der Waals surface area contributed by atoms with E-state index in [0.29, 0.717) is 5.56 Å². The molecular formula is C18H18N2O4. The largest absolute Gasteiger partial charge is 0.476 e. The lowest BCUT2D eigenvalue weighted by Gasteiger charge is -2.05. The van der Waals surface area contributed by atoms with Crippen LogP contribution in [-0.4, -0.2) is 28.7 Å². The number of benzene rings is 1. The maximum atomic E-state index is 11.6. The maximum absolute atomic E-state index is 11.6. The fraction of sp³-hybridized carbons (Fsp3) is 0.167. The summed E-state index contributed by atoms with van der Waals surface area (Å²) in [5.74, 6) is -1.09. The Bertz CT molecular complexity index is 742. The van der Waals surface area contributed by atoms with Crippen LogP contribution in [0.25, 0.3) is 6.08 Å². The molecule has 2 aromatic rings. The lowest BCUT2D eigenvalue weighted by molar-refractivity contribution is 0.0690. The molecule has 2 rings (SSSR count). The summed E-state index contributed by atoms with van der Waals surface area (Å²) >= 11 is 0. The third-order valence-electron chi connectivity index (χ3n) is 3.13. The van der Waals surface area contributed by atoms with E-state index in [2.05, 4.69) is 10.3 Å². The van der Waals surface area contributed by atoms with Gasteiger partial charge in [0.25, 0.3) is 0 Å². The molecule has 0 aliphatic heterocycles. The van der Waals surface area contributed by atoms with Gasteiger partial charge >= 0.3 is 12.1 Å². The highest BCUT2D eigenvalue weighted by Crippen LogP contribution is 2.10. The highest BCUT2D eigenvalue weighted by molar-refractivity contribution is 5.90. The van der Waals surface area contributed by atoms with E-state index in [1.165, 1.54) is 6.20 Å². The van der Waals surface area contributed by atoms with Crippen molar-refractivity contribution in [2.75, 3.05) is 6.54 Å². The van der Waals surface area contributed by atoms with Crippen molar-refractivity contribution >= 4 is 18.1 Å². The van der Waals surface area contributed by atoms with Crippen LogP contribution in [-0.2, 0) is 11.3 Å². The molecular weight excluding hydrogens is 308 g/mol. The zero-order chi connectivity index (χ0) is 17.4. The number of carbonyl (C=O) groups is 2. The molecule has 0 saturated carbocycles. The molecule has 0 saturated heterocycles. The topological polar surface area (TPSA) is 88.5 Å². The molecule has 0 aliphatic rings. The molecule has 0 atom stereocenters. The molecule has 0 aliphatic carbocycles. The highest BCUT2D eigenvalue weighted by Gasteiger charge is 2.09. The van der Waals surface area contributed by atoms with Crippen LogP contribution in [0.4, 0.5) is 4.79 Å². The van der Waals surface area contributed by atoms with Gasteiger partial charge in [-0.1, -0.05) is 42.5 Å².